The standard InChI is InChI=1S/C26H31N7O/c1-3-27-12-18-13-28-14-21(16(18)2)17-9-10-22-20(11-17)24(33-32-22)25-29-15-23(31-25)26(34)30-19-7-5-4-6-8-19/h9-11,13-15,19,27H,3-8,12H2,1-2H3,(H,29,31)(H,30,34)(H,32,33). The molecule has 1 fully saturated rings. The first-order valence-corrected chi connectivity index (χ1v) is 12.1. The number of fused-ring (bicyclic) bond motifs is 1. The summed E-state index contributed by atoms with van der Waals surface area (Å²) in [4.78, 5) is 24.8. The van der Waals surface area contributed by atoms with Crippen LogP contribution in [-0.2, 0) is 6.54 Å². The van der Waals surface area contributed by atoms with E-state index in [0.717, 1.165) is 48.0 Å². The van der Waals surface area contributed by atoms with Crippen LogP contribution in [0.5, 0.6) is 0 Å². The number of benzene rings is 1. The number of nitrogens with one attached hydrogen (secondary N) is 4. The number of nitrogens with zero attached hydrogens (tertiary/aromatic N) is 3. The van der Waals surface area contributed by atoms with Crippen LogP contribution in [-0.4, -0.2) is 43.6 Å². The molecule has 176 valence electrons. The molecule has 4 aromatic rings. The third-order valence-electron chi connectivity index (χ3n) is 6.74. The molecule has 0 unspecified atom stereocenters. The Morgan fingerprint density at radius 1 is 1.15 bits per heavy atom. The Balaban J connectivity index is 1.43. The molecule has 5 rings (SSSR count). The van der Waals surface area contributed by atoms with Crippen LogP contribution < -0.4 is 10.6 Å². The summed E-state index contributed by atoms with van der Waals surface area (Å²) in [6, 6.07) is 6.47. The molecule has 1 aromatic carbocycles. The summed E-state index contributed by atoms with van der Waals surface area (Å²) in [7, 11) is 0. The lowest BCUT2D eigenvalue weighted by Crippen LogP contribution is -2.36. The largest absolute Gasteiger partial charge is 0.348 e. The third kappa shape index (κ3) is 4.46. The lowest BCUT2D eigenvalue weighted by Gasteiger charge is -2.22. The highest BCUT2D eigenvalue weighted by molar-refractivity contribution is 5.96. The number of H-pyrrole nitrogens is 2. The number of imidazole rings is 1. The van der Waals surface area contributed by atoms with Crippen molar-refractivity contribution in [1.82, 2.24) is 35.8 Å². The molecule has 0 radical (unpaired) electrons. The average Bonchev–Trinajstić information content (AvgIpc) is 3.51. The van der Waals surface area contributed by atoms with Gasteiger partial charge in [0.25, 0.3) is 5.91 Å². The van der Waals surface area contributed by atoms with Gasteiger partial charge in [-0.2, -0.15) is 5.10 Å². The van der Waals surface area contributed by atoms with Crippen LogP contribution in [0.25, 0.3) is 33.5 Å². The summed E-state index contributed by atoms with van der Waals surface area (Å²) >= 11 is 0. The van der Waals surface area contributed by atoms with Crippen LogP contribution in [0.4, 0.5) is 0 Å². The van der Waals surface area contributed by atoms with Gasteiger partial charge >= 0.3 is 0 Å². The van der Waals surface area contributed by atoms with Gasteiger partial charge in [-0.3, -0.25) is 14.9 Å². The maximum absolute atomic E-state index is 12.7. The molecule has 4 N–H and O–H groups in total. The highest BCUT2D eigenvalue weighted by Crippen LogP contribution is 2.31. The second-order valence-corrected chi connectivity index (χ2v) is 9.04. The maximum Gasteiger partial charge on any atom is 0.269 e. The van der Waals surface area contributed by atoms with Gasteiger partial charge in [0.2, 0.25) is 0 Å². The molecule has 0 bridgehead atoms. The van der Waals surface area contributed by atoms with E-state index >= 15 is 0 Å². The van der Waals surface area contributed by atoms with Gasteiger partial charge in [-0.05, 0) is 55.1 Å². The Labute approximate surface area is 199 Å². The van der Waals surface area contributed by atoms with Crippen molar-refractivity contribution in [3.8, 4) is 22.6 Å². The number of pyridine rings is 1. The summed E-state index contributed by atoms with van der Waals surface area (Å²) < 4.78 is 0. The first-order chi connectivity index (χ1) is 16.6. The maximum atomic E-state index is 12.7. The quantitative estimate of drug-likeness (QED) is 0.327. The van der Waals surface area contributed by atoms with Crippen LogP contribution >= 0.6 is 0 Å². The summed E-state index contributed by atoms with van der Waals surface area (Å²) in [5, 5.41) is 15.0. The van der Waals surface area contributed by atoms with Crippen LogP contribution in [0.15, 0.2) is 36.8 Å². The SMILES string of the molecule is CCNCc1cncc(-c2ccc3[nH]nc(-c4ncc(C(=O)NC5CCCCC5)[nH]4)c3c2)c1C. The third-order valence-corrected chi connectivity index (χ3v) is 6.74. The van der Waals surface area contributed by atoms with Gasteiger partial charge in [0.05, 0.1) is 11.7 Å². The van der Waals surface area contributed by atoms with Gasteiger partial charge in [0.15, 0.2) is 5.82 Å². The van der Waals surface area contributed by atoms with Gasteiger partial charge in [0, 0.05) is 35.9 Å². The number of carbonyl (C=O) groups excluding carboxylic acids is 1. The molecule has 0 spiro atoms. The average molecular weight is 458 g/mol. The van der Waals surface area contributed by atoms with E-state index in [1.807, 2.05) is 18.5 Å². The van der Waals surface area contributed by atoms with Gasteiger partial charge in [-0.25, -0.2) is 4.98 Å². The van der Waals surface area contributed by atoms with Crippen molar-refractivity contribution >= 4 is 16.8 Å². The normalized spacial score (nSPS) is 14.5. The zero-order chi connectivity index (χ0) is 23.5. The monoisotopic (exact) mass is 457 g/mol. The van der Waals surface area contributed by atoms with E-state index in [4.69, 9.17) is 0 Å². The van der Waals surface area contributed by atoms with Crippen molar-refractivity contribution in [2.24, 2.45) is 0 Å². The molecule has 1 saturated carbocycles. The molecule has 0 saturated heterocycles. The highest BCUT2D eigenvalue weighted by atomic mass is 16.2. The molecule has 8 nitrogen and oxygen atoms in total. The van der Waals surface area contributed by atoms with E-state index in [-0.39, 0.29) is 11.9 Å². The minimum absolute atomic E-state index is 0.106. The van der Waals surface area contributed by atoms with Crippen molar-refractivity contribution in [3.05, 3.63) is 53.6 Å². The fourth-order valence-electron chi connectivity index (χ4n) is 4.73. The zero-order valence-electron chi connectivity index (χ0n) is 19.7. The number of aromatic nitrogens is 5. The topological polar surface area (TPSA) is 111 Å². The van der Waals surface area contributed by atoms with Crippen molar-refractivity contribution < 1.29 is 4.79 Å². The van der Waals surface area contributed by atoms with E-state index in [1.165, 1.54) is 30.4 Å². The van der Waals surface area contributed by atoms with E-state index in [0.29, 0.717) is 17.2 Å². The van der Waals surface area contributed by atoms with Crippen LogP contribution in [0.3, 0.4) is 0 Å². The van der Waals surface area contributed by atoms with E-state index in [1.54, 1.807) is 6.20 Å². The molecule has 0 aliphatic heterocycles. The van der Waals surface area contributed by atoms with Crippen molar-refractivity contribution in [2.75, 3.05) is 6.54 Å². The lowest BCUT2D eigenvalue weighted by atomic mass is 9.95. The summed E-state index contributed by atoms with van der Waals surface area (Å²) in [5.74, 6) is 0.471. The number of amides is 1. The van der Waals surface area contributed by atoms with Crippen LogP contribution in [0.1, 0.15) is 60.6 Å². The van der Waals surface area contributed by atoms with E-state index in [2.05, 4.69) is 61.8 Å². The zero-order valence-corrected chi connectivity index (χ0v) is 19.7. The molecular formula is C26H31N7O. The minimum atomic E-state index is -0.106. The Bertz CT molecular complexity index is 1300. The number of carbonyl (C=O) groups is 1. The van der Waals surface area contributed by atoms with Crippen molar-refractivity contribution in [1.29, 1.82) is 0 Å². The Hall–Kier alpha value is -3.52. The second kappa shape index (κ2) is 9.77. The minimum Gasteiger partial charge on any atom is -0.348 e. The molecule has 34 heavy (non-hydrogen) atoms. The highest BCUT2D eigenvalue weighted by Gasteiger charge is 2.20. The molecule has 0 atom stereocenters. The van der Waals surface area contributed by atoms with Gasteiger partial charge < -0.3 is 15.6 Å². The number of rotatable bonds is 7. The molecule has 3 heterocycles. The molecule has 1 aliphatic carbocycles. The molecule has 1 aliphatic rings. The van der Waals surface area contributed by atoms with E-state index < -0.39 is 0 Å². The van der Waals surface area contributed by atoms with Gasteiger partial charge in [-0.1, -0.05) is 32.3 Å². The predicted molar refractivity (Wildman–Crippen MR) is 133 cm³/mol. The lowest BCUT2D eigenvalue weighted by molar-refractivity contribution is 0.0923. The van der Waals surface area contributed by atoms with Gasteiger partial charge in [0.1, 0.15) is 11.4 Å². The molecule has 8 heteroatoms. The van der Waals surface area contributed by atoms with Crippen molar-refractivity contribution in [3.63, 3.8) is 0 Å². The second-order valence-electron chi connectivity index (χ2n) is 9.04. The Morgan fingerprint density at radius 3 is 2.82 bits per heavy atom. The molecular weight excluding hydrogens is 426 g/mol. The Kier molecular flexibility index (Phi) is 6.40. The predicted octanol–water partition coefficient (Wildman–Crippen LogP) is 4.50. The number of aromatic amines is 2. The van der Waals surface area contributed by atoms with Crippen LogP contribution in [0, 0.1) is 6.92 Å². The Morgan fingerprint density at radius 2 is 2.00 bits per heavy atom. The number of hydrogen-bond acceptors (Lipinski definition) is 5. The molecule has 1 amide bonds. The summed E-state index contributed by atoms with van der Waals surface area (Å²) in [5.41, 5.74) is 6.63. The van der Waals surface area contributed by atoms with Gasteiger partial charge in [-0.15, -0.1) is 0 Å². The summed E-state index contributed by atoms with van der Waals surface area (Å²) in [6.45, 7) is 5.94. The first-order valence-electron chi connectivity index (χ1n) is 12.1. The first kappa shape index (κ1) is 22.3. The summed E-state index contributed by atoms with van der Waals surface area (Å²) in [6.07, 6.45) is 11.1. The fourth-order valence-corrected chi connectivity index (χ4v) is 4.73. The smallest absolute Gasteiger partial charge is 0.269 e. The van der Waals surface area contributed by atoms with E-state index in [9.17, 15) is 4.79 Å². The number of hydrogen-bond donors (Lipinski definition) is 4. The van der Waals surface area contributed by atoms with Crippen molar-refractivity contribution in [2.45, 2.75) is 58.5 Å². The molecule has 3 aromatic heterocycles. The fraction of sp³-hybridized carbons (Fsp3) is 0.385. The van der Waals surface area contributed by atoms with Crippen LogP contribution in [0.2, 0.25) is 0 Å².